The maximum atomic E-state index is 12.8. The largest absolute Gasteiger partial charge is 0.294 e. The van der Waals surface area contributed by atoms with Crippen LogP contribution in [0.4, 0.5) is 0 Å². The summed E-state index contributed by atoms with van der Waals surface area (Å²) in [6.07, 6.45) is 4.29. The van der Waals surface area contributed by atoms with Crippen molar-refractivity contribution in [3.8, 4) is 0 Å². The second-order valence-electron chi connectivity index (χ2n) is 7.04. The number of allylic oxidation sites excluding steroid dienone is 1. The first-order valence-corrected chi connectivity index (χ1v) is 9.25. The van der Waals surface area contributed by atoms with Gasteiger partial charge in [-0.3, -0.25) is 4.79 Å². The Labute approximate surface area is 143 Å². The van der Waals surface area contributed by atoms with Crippen LogP contribution in [0.5, 0.6) is 0 Å². The zero-order chi connectivity index (χ0) is 15.4. The van der Waals surface area contributed by atoms with Crippen LogP contribution < -0.4 is 0 Å². The SMILES string of the molecule is CC12CCC(C(=Cc3ccc(C(Br)Br)cc3)C1=O)C2(C)C. The molecular weight excluding hydrogens is 392 g/mol. The average Bonchev–Trinajstić information content (AvgIpc) is 2.74. The summed E-state index contributed by atoms with van der Waals surface area (Å²) in [4.78, 5) is 12.8. The Morgan fingerprint density at radius 1 is 1.19 bits per heavy atom. The third-order valence-electron chi connectivity index (χ3n) is 5.88. The molecule has 112 valence electrons. The zero-order valence-electron chi connectivity index (χ0n) is 12.6. The van der Waals surface area contributed by atoms with Crippen molar-refractivity contribution in [3.05, 3.63) is 41.0 Å². The summed E-state index contributed by atoms with van der Waals surface area (Å²) in [5.41, 5.74) is 3.27. The number of hydrogen-bond donors (Lipinski definition) is 0. The Hall–Kier alpha value is -0.410. The summed E-state index contributed by atoms with van der Waals surface area (Å²) in [5, 5.41) is 0. The molecule has 0 radical (unpaired) electrons. The Kier molecular flexibility index (Phi) is 3.73. The molecule has 0 amide bonds. The maximum Gasteiger partial charge on any atom is 0.165 e. The van der Waals surface area contributed by atoms with Gasteiger partial charge in [0.05, 0.1) is 3.74 Å². The number of rotatable bonds is 2. The third kappa shape index (κ3) is 2.19. The van der Waals surface area contributed by atoms with Crippen LogP contribution in [0.25, 0.3) is 6.08 Å². The monoisotopic (exact) mass is 410 g/mol. The zero-order valence-corrected chi connectivity index (χ0v) is 15.8. The van der Waals surface area contributed by atoms with Crippen molar-refractivity contribution in [3.63, 3.8) is 0 Å². The van der Waals surface area contributed by atoms with Crippen molar-refractivity contribution in [2.24, 2.45) is 16.7 Å². The molecule has 0 spiro atoms. The maximum absolute atomic E-state index is 12.8. The Morgan fingerprint density at radius 2 is 1.81 bits per heavy atom. The Balaban J connectivity index is 1.96. The number of alkyl halides is 2. The van der Waals surface area contributed by atoms with E-state index in [1.54, 1.807) is 0 Å². The number of carbonyl (C=O) groups is 1. The molecule has 21 heavy (non-hydrogen) atoms. The van der Waals surface area contributed by atoms with E-state index in [4.69, 9.17) is 0 Å². The van der Waals surface area contributed by atoms with Gasteiger partial charge in [0.1, 0.15) is 0 Å². The average molecular weight is 412 g/mol. The molecule has 1 nitrogen and oxygen atoms in total. The van der Waals surface area contributed by atoms with Gasteiger partial charge in [-0.15, -0.1) is 0 Å². The molecule has 2 fully saturated rings. The lowest BCUT2D eigenvalue weighted by molar-refractivity contribution is -0.125. The van der Waals surface area contributed by atoms with E-state index in [1.807, 2.05) is 0 Å². The number of Topliss-reactive ketones (excluding diaryl/α,β-unsaturated/α-hetero) is 1. The first-order chi connectivity index (χ1) is 9.77. The van der Waals surface area contributed by atoms with Crippen LogP contribution in [0, 0.1) is 16.7 Å². The van der Waals surface area contributed by atoms with Crippen LogP contribution in [-0.2, 0) is 4.79 Å². The summed E-state index contributed by atoms with van der Waals surface area (Å²) < 4.78 is 0.175. The lowest BCUT2D eigenvalue weighted by Crippen LogP contribution is -2.32. The van der Waals surface area contributed by atoms with Crippen molar-refractivity contribution < 1.29 is 4.79 Å². The van der Waals surface area contributed by atoms with Gasteiger partial charge in [-0.2, -0.15) is 0 Å². The standard InChI is InChI=1S/C18H20Br2O/c1-17(2)14-8-9-18(17,3)15(21)13(14)10-11-4-6-12(7-5-11)16(19)20/h4-7,10,14,16H,8-9H2,1-3H3. The molecule has 2 saturated carbocycles. The number of carbonyl (C=O) groups excluding carboxylic acids is 1. The quantitative estimate of drug-likeness (QED) is 0.438. The highest BCUT2D eigenvalue weighted by Crippen LogP contribution is 2.65. The van der Waals surface area contributed by atoms with E-state index in [0.29, 0.717) is 11.7 Å². The van der Waals surface area contributed by atoms with E-state index < -0.39 is 0 Å². The smallest absolute Gasteiger partial charge is 0.165 e. The number of benzene rings is 1. The van der Waals surface area contributed by atoms with Crippen LogP contribution in [0.2, 0.25) is 0 Å². The normalized spacial score (nSPS) is 32.4. The topological polar surface area (TPSA) is 17.1 Å². The minimum absolute atomic E-state index is 0.0900. The lowest BCUT2D eigenvalue weighted by Gasteiger charge is -2.31. The van der Waals surface area contributed by atoms with Crippen LogP contribution >= 0.6 is 31.9 Å². The molecule has 3 rings (SSSR count). The lowest BCUT2D eigenvalue weighted by atomic mass is 9.70. The molecule has 0 heterocycles. The molecule has 0 N–H and O–H groups in total. The minimum Gasteiger partial charge on any atom is -0.294 e. The second-order valence-corrected chi connectivity index (χ2v) is 10.1. The minimum atomic E-state index is -0.166. The Bertz CT molecular complexity index is 613. The number of hydrogen-bond acceptors (Lipinski definition) is 1. The fourth-order valence-corrected chi connectivity index (χ4v) is 4.62. The first kappa shape index (κ1) is 15.5. The van der Waals surface area contributed by atoms with Gasteiger partial charge in [0, 0.05) is 5.41 Å². The van der Waals surface area contributed by atoms with Crippen molar-refractivity contribution in [2.45, 2.75) is 37.3 Å². The van der Waals surface area contributed by atoms with Gasteiger partial charge in [-0.1, -0.05) is 76.9 Å². The van der Waals surface area contributed by atoms with E-state index in [1.165, 1.54) is 5.56 Å². The van der Waals surface area contributed by atoms with Crippen molar-refractivity contribution in [1.29, 1.82) is 0 Å². The Morgan fingerprint density at radius 3 is 2.29 bits per heavy atom. The molecule has 2 unspecified atom stereocenters. The van der Waals surface area contributed by atoms with Gasteiger partial charge in [0.15, 0.2) is 5.78 Å². The van der Waals surface area contributed by atoms with Gasteiger partial charge in [0.25, 0.3) is 0 Å². The van der Waals surface area contributed by atoms with Gasteiger partial charge < -0.3 is 0 Å². The highest BCUT2D eigenvalue weighted by molar-refractivity contribution is 9.24. The van der Waals surface area contributed by atoms with Gasteiger partial charge in [0.2, 0.25) is 0 Å². The van der Waals surface area contributed by atoms with Gasteiger partial charge in [-0.25, -0.2) is 0 Å². The molecule has 0 aliphatic heterocycles. The molecule has 1 aromatic rings. The van der Waals surface area contributed by atoms with Crippen molar-refractivity contribution in [2.75, 3.05) is 0 Å². The summed E-state index contributed by atoms with van der Waals surface area (Å²) in [6.45, 7) is 6.67. The van der Waals surface area contributed by atoms with E-state index in [-0.39, 0.29) is 14.6 Å². The van der Waals surface area contributed by atoms with Gasteiger partial charge in [-0.05, 0) is 47.0 Å². The van der Waals surface area contributed by atoms with E-state index >= 15 is 0 Å². The summed E-state index contributed by atoms with van der Waals surface area (Å²) in [7, 11) is 0. The van der Waals surface area contributed by atoms with E-state index in [9.17, 15) is 4.79 Å². The summed E-state index contributed by atoms with van der Waals surface area (Å²) in [5.74, 6) is 0.779. The van der Waals surface area contributed by atoms with Crippen LogP contribution in [-0.4, -0.2) is 5.78 Å². The molecule has 0 saturated heterocycles. The van der Waals surface area contributed by atoms with Crippen LogP contribution in [0.1, 0.15) is 48.5 Å². The molecule has 2 atom stereocenters. The molecule has 1 aromatic carbocycles. The molecule has 0 aromatic heterocycles. The molecule has 2 aliphatic carbocycles. The summed E-state index contributed by atoms with van der Waals surface area (Å²) in [6, 6.07) is 8.36. The van der Waals surface area contributed by atoms with Crippen molar-refractivity contribution in [1.82, 2.24) is 0 Å². The molecule has 2 bridgehead atoms. The fraction of sp³-hybridized carbons (Fsp3) is 0.500. The fourth-order valence-electron chi connectivity index (χ4n) is 4.01. The highest BCUT2D eigenvalue weighted by atomic mass is 79.9. The first-order valence-electron chi connectivity index (χ1n) is 7.42. The number of halogens is 2. The molecular formula is C18H20Br2O. The van der Waals surface area contributed by atoms with E-state index in [2.05, 4.69) is 83.0 Å². The van der Waals surface area contributed by atoms with Gasteiger partial charge >= 0.3 is 0 Å². The van der Waals surface area contributed by atoms with Crippen LogP contribution in [0.15, 0.2) is 29.8 Å². The predicted octanol–water partition coefficient (Wildman–Crippen LogP) is 5.88. The van der Waals surface area contributed by atoms with E-state index in [0.717, 1.165) is 24.0 Å². The molecule has 3 heteroatoms. The highest BCUT2D eigenvalue weighted by Gasteiger charge is 2.63. The van der Waals surface area contributed by atoms with Crippen LogP contribution in [0.3, 0.4) is 0 Å². The summed E-state index contributed by atoms with van der Waals surface area (Å²) >= 11 is 7.00. The van der Waals surface area contributed by atoms with Crippen molar-refractivity contribution >= 4 is 43.7 Å². The third-order valence-corrected chi connectivity index (χ3v) is 6.93. The molecule has 2 aliphatic rings. The predicted molar refractivity (Wildman–Crippen MR) is 94.6 cm³/mol. The number of fused-ring (bicyclic) bond motifs is 2. The number of ketones is 1. The second kappa shape index (κ2) is 5.06.